The summed E-state index contributed by atoms with van der Waals surface area (Å²) in [6.07, 6.45) is 3.56. The minimum absolute atomic E-state index is 0.0528. The van der Waals surface area contributed by atoms with Gasteiger partial charge >= 0.3 is 0 Å². The van der Waals surface area contributed by atoms with Crippen molar-refractivity contribution >= 4 is 0 Å². The fourth-order valence-electron chi connectivity index (χ4n) is 1.52. The maximum Gasteiger partial charge on any atom is 0.157 e. The van der Waals surface area contributed by atoms with Crippen LogP contribution < -0.4 is 0 Å². The van der Waals surface area contributed by atoms with Gasteiger partial charge in [0.25, 0.3) is 0 Å². The predicted molar refractivity (Wildman–Crippen MR) is 58.2 cm³/mol. The first-order valence-electron chi connectivity index (χ1n) is 5.77. The first-order valence-corrected chi connectivity index (χ1v) is 5.77. The average Bonchev–Trinajstić information content (AvgIpc) is 2.16. The quantitative estimate of drug-likeness (QED) is 0.693. The van der Waals surface area contributed by atoms with Crippen LogP contribution in [0.1, 0.15) is 47.0 Å². The largest absolute Gasteiger partial charge is 0.352 e. The molecule has 0 N–H and O–H groups in total. The molecule has 1 atom stereocenters. The molecule has 1 aliphatic rings. The fourth-order valence-corrected chi connectivity index (χ4v) is 1.52. The molecule has 14 heavy (non-hydrogen) atoms. The molecular formula is C12H24O2. The van der Waals surface area contributed by atoms with E-state index in [-0.39, 0.29) is 11.7 Å². The summed E-state index contributed by atoms with van der Waals surface area (Å²) in [6.45, 7) is 10.5. The number of hydrogen-bond donors (Lipinski definition) is 0. The fraction of sp³-hybridized carbons (Fsp3) is 1.00. The molecule has 0 bridgehead atoms. The molecule has 0 aliphatic carbocycles. The van der Waals surface area contributed by atoms with E-state index in [9.17, 15) is 0 Å². The Bertz CT molecular complexity index is 156. The van der Waals surface area contributed by atoms with Crippen molar-refractivity contribution in [3.05, 3.63) is 0 Å². The lowest BCUT2D eigenvalue weighted by Crippen LogP contribution is -2.37. The molecule has 0 aromatic rings. The molecule has 1 aliphatic heterocycles. The maximum absolute atomic E-state index is 5.67. The van der Waals surface area contributed by atoms with Crippen LogP contribution in [-0.4, -0.2) is 19.5 Å². The van der Waals surface area contributed by atoms with Gasteiger partial charge in [0.15, 0.2) is 6.29 Å². The Morgan fingerprint density at radius 1 is 1.29 bits per heavy atom. The Kier molecular flexibility index (Phi) is 4.39. The third-order valence-corrected chi connectivity index (χ3v) is 2.91. The van der Waals surface area contributed by atoms with E-state index in [2.05, 4.69) is 27.7 Å². The van der Waals surface area contributed by atoms with E-state index in [4.69, 9.17) is 9.47 Å². The normalized spacial score (nSPS) is 24.9. The first kappa shape index (κ1) is 12.0. The van der Waals surface area contributed by atoms with Gasteiger partial charge in [-0.25, -0.2) is 0 Å². The molecule has 1 saturated heterocycles. The lowest BCUT2D eigenvalue weighted by molar-refractivity contribution is -0.224. The Morgan fingerprint density at radius 2 is 1.86 bits per heavy atom. The molecule has 0 aromatic heterocycles. The van der Waals surface area contributed by atoms with E-state index in [0.29, 0.717) is 0 Å². The van der Waals surface area contributed by atoms with Crippen molar-refractivity contribution in [1.29, 1.82) is 0 Å². The summed E-state index contributed by atoms with van der Waals surface area (Å²) in [5.41, 5.74) is 0.201. The first-order chi connectivity index (χ1) is 6.53. The Morgan fingerprint density at radius 3 is 2.36 bits per heavy atom. The van der Waals surface area contributed by atoms with Crippen molar-refractivity contribution in [2.24, 2.45) is 11.3 Å². The summed E-state index contributed by atoms with van der Waals surface area (Å²) in [7, 11) is 0. The van der Waals surface area contributed by atoms with Crippen LogP contribution in [0.4, 0.5) is 0 Å². The topological polar surface area (TPSA) is 18.5 Å². The summed E-state index contributed by atoms with van der Waals surface area (Å²) in [5.74, 6) is 0.789. The highest BCUT2D eigenvalue weighted by atomic mass is 16.7. The van der Waals surface area contributed by atoms with E-state index >= 15 is 0 Å². The van der Waals surface area contributed by atoms with Crippen molar-refractivity contribution in [2.45, 2.75) is 53.2 Å². The summed E-state index contributed by atoms with van der Waals surface area (Å²) in [6, 6.07) is 0. The Labute approximate surface area is 88.0 Å². The van der Waals surface area contributed by atoms with Crippen molar-refractivity contribution in [3.8, 4) is 0 Å². The predicted octanol–water partition coefficient (Wildman–Crippen LogP) is 3.21. The molecule has 1 unspecified atom stereocenters. The molecule has 2 nitrogen and oxygen atoms in total. The Balaban J connectivity index is 2.16. The number of hydrogen-bond acceptors (Lipinski definition) is 2. The average molecular weight is 200 g/mol. The number of rotatable bonds is 4. The second-order valence-electron chi connectivity index (χ2n) is 5.31. The molecule has 1 rings (SSSR count). The molecule has 2 heteroatoms. The Hall–Kier alpha value is -0.0800. The van der Waals surface area contributed by atoms with E-state index in [1.54, 1.807) is 0 Å². The SMILES string of the molecule is CCC(C)CCC1OCC(C)(C)CO1. The molecule has 84 valence electrons. The van der Waals surface area contributed by atoms with Crippen LogP contribution >= 0.6 is 0 Å². The summed E-state index contributed by atoms with van der Waals surface area (Å²) >= 11 is 0. The van der Waals surface area contributed by atoms with Gasteiger partial charge in [-0.1, -0.05) is 34.1 Å². The molecule has 1 fully saturated rings. The lowest BCUT2D eigenvalue weighted by Gasteiger charge is -2.34. The molecular weight excluding hydrogens is 176 g/mol. The van der Waals surface area contributed by atoms with Crippen LogP contribution in [0.25, 0.3) is 0 Å². The van der Waals surface area contributed by atoms with Crippen molar-refractivity contribution in [2.75, 3.05) is 13.2 Å². The standard InChI is InChI=1S/C12H24O2/c1-5-10(2)6-7-11-13-8-12(3,4)9-14-11/h10-11H,5-9H2,1-4H3. The van der Waals surface area contributed by atoms with Gasteiger partial charge in [-0.05, 0) is 18.8 Å². The second-order valence-corrected chi connectivity index (χ2v) is 5.31. The van der Waals surface area contributed by atoms with Crippen molar-refractivity contribution in [1.82, 2.24) is 0 Å². The minimum Gasteiger partial charge on any atom is -0.352 e. The molecule has 0 aromatic carbocycles. The zero-order valence-electron chi connectivity index (χ0n) is 10.0. The zero-order chi connectivity index (χ0) is 10.6. The van der Waals surface area contributed by atoms with Gasteiger partial charge in [0.05, 0.1) is 13.2 Å². The van der Waals surface area contributed by atoms with Crippen molar-refractivity contribution in [3.63, 3.8) is 0 Å². The molecule has 0 radical (unpaired) electrons. The zero-order valence-corrected chi connectivity index (χ0v) is 10.0. The third-order valence-electron chi connectivity index (χ3n) is 2.91. The maximum atomic E-state index is 5.67. The second kappa shape index (κ2) is 5.13. The van der Waals surface area contributed by atoms with Gasteiger partial charge in [0.1, 0.15) is 0 Å². The molecule has 0 saturated carbocycles. The van der Waals surface area contributed by atoms with Crippen LogP contribution in [0.3, 0.4) is 0 Å². The highest BCUT2D eigenvalue weighted by Gasteiger charge is 2.28. The highest BCUT2D eigenvalue weighted by molar-refractivity contribution is 4.71. The van der Waals surface area contributed by atoms with Crippen molar-refractivity contribution < 1.29 is 9.47 Å². The van der Waals surface area contributed by atoms with Gasteiger partial charge in [0.2, 0.25) is 0 Å². The van der Waals surface area contributed by atoms with Crippen LogP contribution in [0.2, 0.25) is 0 Å². The van der Waals surface area contributed by atoms with Gasteiger partial charge in [0, 0.05) is 5.41 Å². The summed E-state index contributed by atoms with van der Waals surface area (Å²) in [4.78, 5) is 0. The van der Waals surface area contributed by atoms with Gasteiger partial charge < -0.3 is 9.47 Å². The van der Waals surface area contributed by atoms with E-state index in [0.717, 1.165) is 25.6 Å². The van der Waals surface area contributed by atoms with Crippen LogP contribution in [-0.2, 0) is 9.47 Å². The van der Waals surface area contributed by atoms with Crippen LogP contribution in [0, 0.1) is 11.3 Å². The smallest absolute Gasteiger partial charge is 0.157 e. The number of ether oxygens (including phenoxy) is 2. The van der Waals surface area contributed by atoms with Gasteiger partial charge in [-0.3, -0.25) is 0 Å². The van der Waals surface area contributed by atoms with E-state index < -0.39 is 0 Å². The summed E-state index contributed by atoms with van der Waals surface area (Å²) < 4.78 is 11.3. The highest BCUT2D eigenvalue weighted by Crippen LogP contribution is 2.25. The van der Waals surface area contributed by atoms with Crippen LogP contribution in [0.15, 0.2) is 0 Å². The summed E-state index contributed by atoms with van der Waals surface area (Å²) in [5, 5.41) is 0. The van der Waals surface area contributed by atoms with Gasteiger partial charge in [-0.15, -0.1) is 0 Å². The minimum atomic E-state index is 0.0528. The monoisotopic (exact) mass is 200 g/mol. The van der Waals surface area contributed by atoms with Gasteiger partial charge in [-0.2, -0.15) is 0 Å². The molecule has 1 heterocycles. The molecule has 0 spiro atoms. The third kappa shape index (κ3) is 3.97. The van der Waals surface area contributed by atoms with E-state index in [1.807, 2.05) is 0 Å². The van der Waals surface area contributed by atoms with Crippen LogP contribution in [0.5, 0.6) is 0 Å². The molecule has 0 amide bonds. The lowest BCUT2D eigenvalue weighted by atomic mass is 9.95. The van der Waals surface area contributed by atoms with E-state index in [1.165, 1.54) is 12.8 Å².